The fraction of sp³-hybridized carbons (Fsp3) is 0. The first-order valence-corrected chi connectivity index (χ1v) is 7.48. The first-order chi connectivity index (χ1) is 10.6. The normalized spacial score (nSPS) is 11.1. The Labute approximate surface area is 136 Å². The molecule has 0 N–H and O–H groups in total. The monoisotopic (exact) mass is 352 g/mol. The largest absolute Gasteiger partial charge is 0.545 e. The molecule has 4 heteroatoms. The molecule has 22 heavy (non-hydrogen) atoms. The zero-order valence-corrected chi connectivity index (χ0v) is 13.1. The summed E-state index contributed by atoms with van der Waals surface area (Å²) in [7, 11) is 0. The molecule has 0 aliphatic carbocycles. The molecule has 108 valence electrons. The van der Waals surface area contributed by atoms with E-state index in [0.717, 1.165) is 10.0 Å². The van der Waals surface area contributed by atoms with Gasteiger partial charge in [0.05, 0.1) is 17.2 Å². The highest BCUT2D eigenvalue weighted by atomic mass is 79.9. The predicted molar refractivity (Wildman–Crippen MR) is 89.1 cm³/mol. The molecule has 0 unspecified atom stereocenters. The van der Waals surface area contributed by atoms with Gasteiger partial charge in [0.15, 0.2) is 0 Å². The van der Waals surface area contributed by atoms with E-state index in [2.05, 4.69) is 20.9 Å². The molecule has 3 nitrogen and oxygen atoms in total. The Kier molecular flexibility index (Phi) is 4.02. The molecule has 2 aromatic carbocycles. The van der Waals surface area contributed by atoms with E-state index in [0.29, 0.717) is 16.6 Å². The Morgan fingerprint density at radius 2 is 1.77 bits per heavy atom. The number of fused-ring (bicyclic) bond motifs is 1. The lowest BCUT2D eigenvalue weighted by Crippen LogP contribution is -2.22. The summed E-state index contributed by atoms with van der Waals surface area (Å²) >= 11 is 3.47. The Balaban J connectivity index is 2.08. The van der Waals surface area contributed by atoms with Gasteiger partial charge in [-0.15, -0.1) is 0 Å². The molecular formula is C18H11BrNO2-. The fourth-order valence-electron chi connectivity index (χ4n) is 2.24. The topological polar surface area (TPSA) is 53.0 Å². The van der Waals surface area contributed by atoms with Crippen LogP contribution in [0.25, 0.3) is 23.1 Å². The van der Waals surface area contributed by atoms with Gasteiger partial charge in [0.25, 0.3) is 0 Å². The maximum Gasteiger partial charge on any atom is 0.0722 e. The van der Waals surface area contributed by atoms with Crippen LogP contribution >= 0.6 is 15.9 Å². The minimum atomic E-state index is -1.20. The summed E-state index contributed by atoms with van der Waals surface area (Å²) in [4.78, 5) is 15.8. The van der Waals surface area contributed by atoms with Gasteiger partial charge in [-0.1, -0.05) is 58.4 Å². The summed E-state index contributed by atoms with van der Waals surface area (Å²) in [6.07, 6.45) is 3.68. The van der Waals surface area contributed by atoms with Gasteiger partial charge in [0.2, 0.25) is 0 Å². The van der Waals surface area contributed by atoms with Crippen LogP contribution in [0.15, 0.2) is 59.1 Å². The van der Waals surface area contributed by atoms with Crippen LogP contribution in [0.3, 0.4) is 0 Å². The molecule has 1 heterocycles. The SMILES string of the molecule is O=C([O-])c1cc(/C=C/c2ccccc2Br)nc2ccccc12. The summed E-state index contributed by atoms with van der Waals surface area (Å²) in [5.41, 5.74) is 2.36. The molecule has 0 radical (unpaired) electrons. The lowest BCUT2D eigenvalue weighted by atomic mass is 10.1. The van der Waals surface area contributed by atoms with Crippen molar-refractivity contribution in [2.45, 2.75) is 0 Å². The fourth-order valence-corrected chi connectivity index (χ4v) is 2.65. The zero-order chi connectivity index (χ0) is 15.5. The maximum absolute atomic E-state index is 11.3. The number of halogens is 1. The number of hydrogen-bond acceptors (Lipinski definition) is 3. The highest BCUT2D eigenvalue weighted by Gasteiger charge is 2.05. The van der Waals surface area contributed by atoms with Gasteiger partial charge in [0.1, 0.15) is 0 Å². The smallest absolute Gasteiger partial charge is 0.0722 e. The van der Waals surface area contributed by atoms with E-state index in [9.17, 15) is 9.90 Å². The molecule has 0 saturated carbocycles. The van der Waals surface area contributed by atoms with Crippen molar-refractivity contribution in [1.29, 1.82) is 0 Å². The van der Waals surface area contributed by atoms with Gasteiger partial charge >= 0.3 is 0 Å². The van der Waals surface area contributed by atoms with Crippen molar-refractivity contribution < 1.29 is 9.90 Å². The molecule has 3 rings (SSSR count). The molecule has 0 saturated heterocycles. The highest BCUT2D eigenvalue weighted by molar-refractivity contribution is 9.10. The molecule has 0 spiro atoms. The van der Waals surface area contributed by atoms with Gasteiger partial charge < -0.3 is 9.90 Å². The maximum atomic E-state index is 11.3. The minimum absolute atomic E-state index is 0.150. The second kappa shape index (κ2) is 6.12. The van der Waals surface area contributed by atoms with Crippen LogP contribution in [0.1, 0.15) is 21.6 Å². The third-order valence-corrected chi connectivity index (χ3v) is 4.02. The first-order valence-electron chi connectivity index (χ1n) is 6.69. The van der Waals surface area contributed by atoms with Crippen LogP contribution in [0.2, 0.25) is 0 Å². The van der Waals surface area contributed by atoms with Gasteiger partial charge in [-0.3, -0.25) is 0 Å². The van der Waals surface area contributed by atoms with Crippen LogP contribution in [-0.4, -0.2) is 11.0 Å². The Morgan fingerprint density at radius 3 is 2.55 bits per heavy atom. The number of nitrogens with zero attached hydrogens (tertiary/aromatic N) is 1. The zero-order valence-electron chi connectivity index (χ0n) is 11.5. The highest BCUT2D eigenvalue weighted by Crippen LogP contribution is 2.21. The number of pyridine rings is 1. The van der Waals surface area contributed by atoms with Crippen LogP contribution < -0.4 is 5.11 Å². The Morgan fingerprint density at radius 1 is 1.05 bits per heavy atom. The number of carbonyl (C=O) groups is 1. The summed E-state index contributed by atoms with van der Waals surface area (Å²) in [5, 5.41) is 11.9. The number of carbonyl (C=O) groups excluding carboxylic acids is 1. The van der Waals surface area contributed by atoms with Crippen LogP contribution in [-0.2, 0) is 0 Å². The molecule has 0 aliphatic rings. The number of carboxylic acids is 1. The second-order valence-electron chi connectivity index (χ2n) is 4.75. The lowest BCUT2D eigenvalue weighted by Gasteiger charge is -2.08. The van der Waals surface area contributed by atoms with Gasteiger partial charge in [0, 0.05) is 15.4 Å². The van der Waals surface area contributed by atoms with E-state index >= 15 is 0 Å². The van der Waals surface area contributed by atoms with E-state index in [1.54, 1.807) is 24.3 Å². The van der Waals surface area contributed by atoms with E-state index < -0.39 is 5.97 Å². The van der Waals surface area contributed by atoms with Crippen molar-refractivity contribution in [3.8, 4) is 0 Å². The van der Waals surface area contributed by atoms with Crippen LogP contribution in [0.5, 0.6) is 0 Å². The van der Waals surface area contributed by atoms with Gasteiger partial charge in [-0.2, -0.15) is 0 Å². The quantitative estimate of drug-likeness (QED) is 0.724. The Bertz CT molecular complexity index is 887. The van der Waals surface area contributed by atoms with Crippen molar-refractivity contribution in [3.63, 3.8) is 0 Å². The molecule has 3 aromatic rings. The van der Waals surface area contributed by atoms with Crippen molar-refractivity contribution in [1.82, 2.24) is 4.98 Å². The van der Waals surface area contributed by atoms with E-state index in [4.69, 9.17) is 0 Å². The molecule has 0 aliphatic heterocycles. The number of benzene rings is 2. The molecule has 0 amide bonds. The molecule has 1 aromatic heterocycles. The van der Waals surface area contributed by atoms with Crippen LogP contribution in [0.4, 0.5) is 0 Å². The molecule has 0 fully saturated rings. The minimum Gasteiger partial charge on any atom is -0.545 e. The first kappa shape index (κ1) is 14.5. The van der Waals surface area contributed by atoms with Crippen molar-refractivity contribution in [3.05, 3.63) is 75.9 Å². The lowest BCUT2D eigenvalue weighted by molar-refractivity contribution is -0.254. The average Bonchev–Trinajstić information content (AvgIpc) is 2.53. The number of hydrogen-bond donors (Lipinski definition) is 0. The number of aromatic carboxylic acids is 1. The summed E-state index contributed by atoms with van der Waals surface area (Å²) in [6.45, 7) is 0. The molecule has 0 bridgehead atoms. The van der Waals surface area contributed by atoms with E-state index in [-0.39, 0.29) is 5.56 Å². The third-order valence-electron chi connectivity index (χ3n) is 3.29. The number of rotatable bonds is 3. The van der Waals surface area contributed by atoms with Crippen molar-refractivity contribution in [2.24, 2.45) is 0 Å². The van der Waals surface area contributed by atoms with Crippen LogP contribution in [0, 0.1) is 0 Å². The predicted octanol–water partition coefficient (Wildman–Crippen LogP) is 3.53. The third kappa shape index (κ3) is 2.92. The summed E-state index contributed by atoms with van der Waals surface area (Å²) in [5.74, 6) is -1.20. The standard InChI is InChI=1S/C18H12BrNO2/c19-16-7-3-1-5-12(16)9-10-13-11-15(18(21)22)14-6-2-4-8-17(14)20-13/h1-11H,(H,21,22)/p-1/b10-9+. The van der Waals surface area contributed by atoms with Gasteiger partial charge in [-0.25, -0.2) is 4.98 Å². The number of carboxylic acid groups (broad SMARTS) is 1. The van der Waals surface area contributed by atoms with Crippen molar-refractivity contribution in [2.75, 3.05) is 0 Å². The average molecular weight is 353 g/mol. The second-order valence-corrected chi connectivity index (χ2v) is 5.61. The van der Waals surface area contributed by atoms with E-state index in [1.165, 1.54) is 6.07 Å². The van der Waals surface area contributed by atoms with Crippen molar-refractivity contribution >= 4 is 45.0 Å². The van der Waals surface area contributed by atoms with E-state index in [1.807, 2.05) is 36.4 Å². The summed E-state index contributed by atoms with van der Waals surface area (Å²) in [6, 6.07) is 16.4. The number of para-hydroxylation sites is 1. The molecular weight excluding hydrogens is 342 g/mol. The number of aromatic nitrogens is 1. The summed E-state index contributed by atoms with van der Waals surface area (Å²) < 4.78 is 0.965. The Hall–Kier alpha value is -2.46. The van der Waals surface area contributed by atoms with Gasteiger partial charge in [-0.05, 0) is 29.8 Å². The molecule has 0 atom stereocenters.